The first-order valence-corrected chi connectivity index (χ1v) is 5.39. The number of pyridine rings is 1. The molecule has 16 heavy (non-hydrogen) atoms. The minimum absolute atomic E-state index is 0.595. The minimum atomic E-state index is -0.634. The molecule has 1 aromatic carbocycles. The van der Waals surface area contributed by atoms with E-state index in [2.05, 4.69) is 11.1 Å². The highest BCUT2D eigenvalue weighted by molar-refractivity contribution is 6.32. The molecule has 80 valence electrons. The Hall–Kier alpha value is -1.59. The Labute approximate surface area is 99.5 Å². The fourth-order valence-corrected chi connectivity index (χ4v) is 2.16. The van der Waals surface area contributed by atoms with Gasteiger partial charge in [0.1, 0.15) is 0 Å². The molecule has 0 saturated heterocycles. The number of nitriles is 1. The Morgan fingerprint density at radius 2 is 2.06 bits per heavy atom. The van der Waals surface area contributed by atoms with Gasteiger partial charge in [-0.2, -0.15) is 5.26 Å². The molecule has 0 radical (unpaired) electrons. The highest BCUT2D eigenvalue weighted by Gasteiger charge is 2.25. The Morgan fingerprint density at radius 1 is 1.31 bits per heavy atom. The van der Waals surface area contributed by atoms with Gasteiger partial charge in [0.05, 0.1) is 17.0 Å². The van der Waals surface area contributed by atoms with E-state index in [1.165, 1.54) is 0 Å². The summed E-state index contributed by atoms with van der Waals surface area (Å²) >= 11 is 6.18. The number of benzene rings is 1. The molecule has 0 amide bonds. The number of hydrogen-bond donors (Lipinski definition) is 0. The average molecular weight is 231 g/mol. The van der Waals surface area contributed by atoms with Gasteiger partial charge in [-0.05, 0) is 26.0 Å². The van der Waals surface area contributed by atoms with E-state index in [1.54, 1.807) is 6.20 Å². The quantitative estimate of drug-likeness (QED) is 0.749. The molecule has 0 aliphatic heterocycles. The molecule has 0 fully saturated rings. The molecule has 1 heterocycles. The van der Waals surface area contributed by atoms with E-state index in [1.807, 2.05) is 38.1 Å². The van der Waals surface area contributed by atoms with Gasteiger partial charge in [-0.3, -0.25) is 4.98 Å². The van der Waals surface area contributed by atoms with Crippen molar-refractivity contribution in [1.29, 1.82) is 5.26 Å². The number of halogens is 1. The van der Waals surface area contributed by atoms with Crippen LogP contribution in [-0.4, -0.2) is 4.98 Å². The second kappa shape index (κ2) is 3.77. The number of fused-ring (bicyclic) bond motifs is 1. The predicted octanol–water partition coefficient (Wildman–Crippen LogP) is 3.69. The lowest BCUT2D eigenvalue weighted by Gasteiger charge is -2.19. The Kier molecular flexibility index (Phi) is 2.57. The lowest BCUT2D eigenvalue weighted by molar-refractivity contribution is 0.692. The number of aromatic nitrogens is 1. The number of rotatable bonds is 1. The van der Waals surface area contributed by atoms with Gasteiger partial charge >= 0.3 is 0 Å². The highest BCUT2D eigenvalue weighted by atomic mass is 35.5. The van der Waals surface area contributed by atoms with Crippen LogP contribution >= 0.6 is 11.6 Å². The van der Waals surface area contributed by atoms with Crippen molar-refractivity contribution in [2.24, 2.45) is 0 Å². The average Bonchev–Trinajstić information content (AvgIpc) is 2.28. The molecular weight excluding hydrogens is 220 g/mol. The monoisotopic (exact) mass is 230 g/mol. The Morgan fingerprint density at radius 3 is 2.75 bits per heavy atom. The maximum atomic E-state index is 9.19. The van der Waals surface area contributed by atoms with Crippen molar-refractivity contribution in [3.8, 4) is 6.07 Å². The second-order valence-corrected chi connectivity index (χ2v) is 4.64. The van der Waals surface area contributed by atoms with Crippen LogP contribution in [0.15, 0.2) is 30.5 Å². The van der Waals surface area contributed by atoms with Crippen LogP contribution in [0.5, 0.6) is 0 Å². The van der Waals surface area contributed by atoms with E-state index in [-0.39, 0.29) is 0 Å². The maximum absolute atomic E-state index is 9.19. The van der Waals surface area contributed by atoms with Crippen LogP contribution in [0.2, 0.25) is 5.02 Å². The van der Waals surface area contributed by atoms with Crippen LogP contribution in [0.4, 0.5) is 0 Å². The van der Waals surface area contributed by atoms with Crippen LogP contribution in [0.25, 0.3) is 10.9 Å². The molecule has 3 heteroatoms. The summed E-state index contributed by atoms with van der Waals surface area (Å²) in [4.78, 5) is 4.32. The van der Waals surface area contributed by atoms with Crippen LogP contribution < -0.4 is 0 Å². The largest absolute Gasteiger partial charge is 0.256 e. The molecular formula is C13H11ClN2. The van der Waals surface area contributed by atoms with Crippen molar-refractivity contribution in [2.45, 2.75) is 19.3 Å². The molecule has 0 atom stereocenters. The summed E-state index contributed by atoms with van der Waals surface area (Å²) in [5.74, 6) is 0. The third-order valence-electron chi connectivity index (χ3n) is 2.63. The predicted molar refractivity (Wildman–Crippen MR) is 65.4 cm³/mol. The van der Waals surface area contributed by atoms with Gasteiger partial charge in [-0.1, -0.05) is 23.7 Å². The molecule has 0 N–H and O–H groups in total. The number of nitrogens with zero attached hydrogens (tertiary/aromatic N) is 2. The molecule has 0 aliphatic rings. The lowest BCUT2D eigenvalue weighted by Crippen LogP contribution is -2.15. The number of hydrogen-bond acceptors (Lipinski definition) is 2. The fraction of sp³-hybridized carbons (Fsp3) is 0.231. The molecule has 0 aliphatic carbocycles. The van der Waals surface area contributed by atoms with E-state index in [0.29, 0.717) is 5.02 Å². The zero-order valence-electron chi connectivity index (χ0n) is 9.16. The van der Waals surface area contributed by atoms with Crippen LogP contribution in [-0.2, 0) is 5.41 Å². The van der Waals surface area contributed by atoms with E-state index < -0.39 is 5.41 Å². The molecule has 2 rings (SSSR count). The summed E-state index contributed by atoms with van der Waals surface area (Å²) in [6.45, 7) is 3.70. The molecule has 2 nitrogen and oxygen atoms in total. The topological polar surface area (TPSA) is 36.7 Å². The third-order valence-corrected chi connectivity index (χ3v) is 2.94. The molecule has 0 spiro atoms. The van der Waals surface area contributed by atoms with Crippen molar-refractivity contribution in [3.05, 3.63) is 41.0 Å². The summed E-state index contributed by atoms with van der Waals surface area (Å²) in [5, 5.41) is 10.8. The van der Waals surface area contributed by atoms with Gasteiger partial charge in [-0.15, -0.1) is 0 Å². The molecule has 1 aromatic heterocycles. The summed E-state index contributed by atoms with van der Waals surface area (Å²) in [5.41, 5.74) is 0.974. The van der Waals surface area contributed by atoms with Gasteiger partial charge in [0.2, 0.25) is 0 Å². The summed E-state index contributed by atoms with van der Waals surface area (Å²) in [6, 6.07) is 9.85. The van der Waals surface area contributed by atoms with E-state index in [0.717, 1.165) is 16.5 Å². The zero-order chi connectivity index (χ0) is 11.8. The standard InChI is InChI=1S/C13H11ClN2/c1-13(2,8-15)11-10(14)6-5-9-4-3-7-16-12(9)11/h3-7H,1-2H3. The molecule has 0 unspecified atom stereocenters. The van der Waals surface area contributed by atoms with Crippen LogP contribution in [0, 0.1) is 11.3 Å². The normalized spacial score (nSPS) is 11.4. The van der Waals surface area contributed by atoms with Crippen LogP contribution in [0.3, 0.4) is 0 Å². The molecule has 0 saturated carbocycles. The minimum Gasteiger partial charge on any atom is -0.256 e. The van der Waals surface area contributed by atoms with E-state index in [9.17, 15) is 5.26 Å². The summed E-state index contributed by atoms with van der Waals surface area (Å²) in [6.07, 6.45) is 1.72. The first kappa shape index (κ1) is 10.9. The van der Waals surface area contributed by atoms with Gasteiger partial charge in [0.25, 0.3) is 0 Å². The molecule has 0 bridgehead atoms. The Balaban J connectivity index is 2.87. The SMILES string of the molecule is CC(C)(C#N)c1c(Cl)ccc2cccnc12. The van der Waals surface area contributed by atoms with E-state index in [4.69, 9.17) is 11.6 Å². The smallest absolute Gasteiger partial charge is 0.0802 e. The van der Waals surface area contributed by atoms with Gasteiger partial charge in [0.15, 0.2) is 0 Å². The maximum Gasteiger partial charge on any atom is 0.0802 e. The zero-order valence-corrected chi connectivity index (χ0v) is 9.92. The highest BCUT2D eigenvalue weighted by Crippen LogP contribution is 2.34. The lowest BCUT2D eigenvalue weighted by atomic mass is 9.85. The van der Waals surface area contributed by atoms with Crippen molar-refractivity contribution in [1.82, 2.24) is 4.98 Å². The third kappa shape index (κ3) is 1.64. The molecule has 2 aromatic rings. The van der Waals surface area contributed by atoms with Crippen molar-refractivity contribution in [2.75, 3.05) is 0 Å². The first-order valence-electron chi connectivity index (χ1n) is 5.01. The van der Waals surface area contributed by atoms with Crippen molar-refractivity contribution >= 4 is 22.5 Å². The first-order chi connectivity index (χ1) is 7.56. The Bertz CT molecular complexity index is 582. The van der Waals surface area contributed by atoms with Crippen molar-refractivity contribution < 1.29 is 0 Å². The second-order valence-electron chi connectivity index (χ2n) is 4.23. The van der Waals surface area contributed by atoms with Gasteiger partial charge in [0, 0.05) is 22.2 Å². The van der Waals surface area contributed by atoms with Crippen molar-refractivity contribution in [3.63, 3.8) is 0 Å². The van der Waals surface area contributed by atoms with Crippen LogP contribution in [0.1, 0.15) is 19.4 Å². The fourth-order valence-electron chi connectivity index (χ4n) is 1.77. The van der Waals surface area contributed by atoms with E-state index >= 15 is 0 Å². The van der Waals surface area contributed by atoms with Gasteiger partial charge in [-0.25, -0.2) is 0 Å². The summed E-state index contributed by atoms with van der Waals surface area (Å²) < 4.78 is 0. The van der Waals surface area contributed by atoms with Gasteiger partial charge < -0.3 is 0 Å². The summed E-state index contributed by atoms with van der Waals surface area (Å²) in [7, 11) is 0.